The molecule has 5 nitrogen and oxygen atoms in total. The molecule has 110 valence electrons. The normalized spacial score (nSPS) is 17.0. The van der Waals surface area contributed by atoms with Crippen molar-refractivity contribution in [3.05, 3.63) is 29.3 Å². The van der Waals surface area contributed by atoms with Crippen molar-refractivity contribution in [1.82, 2.24) is 4.90 Å². The molecule has 0 aliphatic carbocycles. The zero-order valence-electron chi connectivity index (χ0n) is 11.2. The number of carbonyl (C=O) groups is 1. The zero-order valence-corrected chi connectivity index (χ0v) is 12.7. The number of halogens is 1. The van der Waals surface area contributed by atoms with Crippen LogP contribution in [-0.2, 0) is 9.84 Å². The van der Waals surface area contributed by atoms with Gasteiger partial charge in [0.05, 0.1) is 5.25 Å². The van der Waals surface area contributed by atoms with Gasteiger partial charge >= 0.3 is 6.03 Å². The molecule has 0 radical (unpaired) electrons. The average molecular weight is 317 g/mol. The summed E-state index contributed by atoms with van der Waals surface area (Å²) in [6, 6.07) is 6.69. The van der Waals surface area contributed by atoms with Crippen molar-refractivity contribution in [2.24, 2.45) is 0 Å². The predicted octanol–water partition coefficient (Wildman–Crippen LogP) is 2.38. The number of nitrogens with one attached hydrogen (secondary N) is 1. The molecule has 1 saturated heterocycles. The van der Waals surface area contributed by atoms with E-state index in [0.717, 1.165) is 0 Å². The third-order valence-corrected chi connectivity index (χ3v) is 5.33. The second kappa shape index (κ2) is 6.01. The van der Waals surface area contributed by atoms with Gasteiger partial charge in [0.2, 0.25) is 0 Å². The summed E-state index contributed by atoms with van der Waals surface area (Å²) in [6.07, 6.45) is 2.23. The molecule has 7 heteroatoms. The second-order valence-electron chi connectivity index (χ2n) is 4.96. The molecule has 0 spiro atoms. The van der Waals surface area contributed by atoms with E-state index in [1.807, 2.05) is 0 Å². The monoisotopic (exact) mass is 316 g/mol. The molecule has 1 aliphatic heterocycles. The molecule has 0 bridgehead atoms. The van der Waals surface area contributed by atoms with Gasteiger partial charge in [-0.2, -0.15) is 0 Å². The number of piperidine rings is 1. The summed E-state index contributed by atoms with van der Waals surface area (Å²) >= 11 is 5.85. The average Bonchev–Trinajstić information content (AvgIpc) is 2.38. The zero-order chi connectivity index (χ0) is 14.8. The van der Waals surface area contributed by atoms with Gasteiger partial charge in [-0.15, -0.1) is 0 Å². The lowest BCUT2D eigenvalue weighted by Crippen LogP contribution is -2.44. The van der Waals surface area contributed by atoms with Crippen LogP contribution in [0.25, 0.3) is 0 Å². The van der Waals surface area contributed by atoms with Gasteiger partial charge in [0.25, 0.3) is 0 Å². The Bertz CT molecular complexity index is 595. The van der Waals surface area contributed by atoms with E-state index in [1.54, 1.807) is 29.2 Å². The standard InChI is InChI=1S/C13H17ClN2O3S/c1-20(18,19)12-5-7-16(8-6-12)13(17)15-11-4-2-3-10(14)9-11/h2-4,9,12H,5-8H2,1H3,(H,15,17). The van der Waals surface area contributed by atoms with Crippen LogP contribution in [-0.4, -0.2) is 43.9 Å². The number of amides is 2. The minimum atomic E-state index is -3.02. The van der Waals surface area contributed by atoms with Crippen LogP contribution < -0.4 is 5.32 Å². The summed E-state index contributed by atoms with van der Waals surface area (Å²) in [5.41, 5.74) is 0.632. The lowest BCUT2D eigenvalue weighted by atomic mass is 10.1. The Hall–Kier alpha value is -1.27. The lowest BCUT2D eigenvalue weighted by molar-refractivity contribution is 0.200. The Morgan fingerprint density at radius 3 is 2.55 bits per heavy atom. The van der Waals surface area contributed by atoms with Crippen LogP contribution >= 0.6 is 11.6 Å². The first-order valence-electron chi connectivity index (χ1n) is 6.36. The number of benzene rings is 1. The van der Waals surface area contributed by atoms with Crippen LogP contribution in [0.1, 0.15) is 12.8 Å². The van der Waals surface area contributed by atoms with Crippen molar-refractivity contribution < 1.29 is 13.2 Å². The summed E-state index contributed by atoms with van der Waals surface area (Å²) in [4.78, 5) is 13.7. The van der Waals surface area contributed by atoms with Crippen LogP contribution in [0.2, 0.25) is 5.02 Å². The third-order valence-electron chi connectivity index (χ3n) is 3.41. The van der Waals surface area contributed by atoms with Crippen molar-refractivity contribution >= 4 is 33.2 Å². The first-order valence-corrected chi connectivity index (χ1v) is 8.70. The highest BCUT2D eigenvalue weighted by molar-refractivity contribution is 7.91. The summed E-state index contributed by atoms with van der Waals surface area (Å²) < 4.78 is 22.9. The molecule has 1 aromatic carbocycles. The number of anilines is 1. The summed E-state index contributed by atoms with van der Waals surface area (Å²) in [6.45, 7) is 0.897. The van der Waals surface area contributed by atoms with E-state index in [1.165, 1.54) is 6.26 Å². The quantitative estimate of drug-likeness (QED) is 0.911. The van der Waals surface area contributed by atoms with E-state index in [-0.39, 0.29) is 11.3 Å². The number of hydrogen-bond acceptors (Lipinski definition) is 3. The number of rotatable bonds is 2. The van der Waals surface area contributed by atoms with E-state index < -0.39 is 9.84 Å². The highest BCUT2D eigenvalue weighted by Crippen LogP contribution is 2.19. The maximum atomic E-state index is 12.1. The minimum Gasteiger partial charge on any atom is -0.324 e. The van der Waals surface area contributed by atoms with Gasteiger partial charge in [0.15, 0.2) is 0 Å². The van der Waals surface area contributed by atoms with Crippen LogP contribution in [0.5, 0.6) is 0 Å². The largest absolute Gasteiger partial charge is 0.324 e. The molecule has 0 atom stereocenters. The predicted molar refractivity (Wildman–Crippen MR) is 79.9 cm³/mol. The van der Waals surface area contributed by atoms with Crippen LogP contribution in [0, 0.1) is 0 Å². The Morgan fingerprint density at radius 1 is 1.35 bits per heavy atom. The molecule has 0 aromatic heterocycles. The van der Waals surface area contributed by atoms with Crippen LogP contribution in [0.4, 0.5) is 10.5 Å². The maximum absolute atomic E-state index is 12.1. The fraction of sp³-hybridized carbons (Fsp3) is 0.462. The highest BCUT2D eigenvalue weighted by Gasteiger charge is 2.28. The number of likely N-dealkylation sites (tertiary alicyclic amines) is 1. The molecule has 1 N–H and O–H groups in total. The molecule has 2 rings (SSSR count). The maximum Gasteiger partial charge on any atom is 0.321 e. The van der Waals surface area contributed by atoms with Crippen molar-refractivity contribution in [2.45, 2.75) is 18.1 Å². The first-order chi connectivity index (χ1) is 9.36. The molecule has 2 amide bonds. The number of urea groups is 1. The number of nitrogens with zero attached hydrogens (tertiary/aromatic N) is 1. The molecule has 1 aromatic rings. The third kappa shape index (κ3) is 3.86. The van der Waals surface area contributed by atoms with E-state index in [9.17, 15) is 13.2 Å². The van der Waals surface area contributed by atoms with Gasteiger partial charge in [-0.25, -0.2) is 13.2 Å². The van der Waals surface area contributed by atoms with Gasteiger partial charge in [0, 0.05) is 30.1 Å². The van der Waals surface area contributed by atoms with Crippen molar-refractivity contribution in [3.63, 3.8) is 0 Å². The van der Waals surface area contributed by atoms with Gasteiger partial charge in [-0.3, -0.25) is 0 Å². The summed E-state index contributed by atoms with van der Waals surface area (Å²) in [5, 5.41) is 2.98. The number of sulfone groups is 1. The summed E-state index contributed by atoms with van der Waals surface area (Å²) in [7, 11) is -3.02. The molecule has 0 saturated carbocycles. The number of carbonyl (C=O) groups excluding carboxylic acids is 1. The Morgan fingerprint density at radius 2 is 2.00 bits per heavy atom. The van der Waals surface area contributed by atoms with Gasteiger partial charge in [-0.05, 0) is 31.0 Å². The lowest BCUT2D eigenvalue weighted by Gasteiger charge is -2.31. The SMILES string of the molecule is CS(=O)(=O)C1CCN(C(=O)Nc2cccc(Cl)c2)CC1. The van der Waals surface area contributed by atoms with Gasteiger partial charge in [0.1, 0.15) is 9.84 Å². The highest BCUT2D eigenvalue weighted by atomic mass is 35.5. The second-order valence-corrected chi connectivity index (χ2v) is 7.72. The van der Waals surface area contributed by atoms with E-state index in [0.29, 0.717) is 36.6 Å². The molecule has 1 fully saturated rings. The van der Waals surface area contributed by atoms with Gasteiger partial charge < -0.3 is 10.2 Å². The molecular weight excluding hydrogens is 300 g/mol. The first kappa shape index (κ1) is 15.1. The molecule has 1 aliphatic rings. The van der Waals surface area contributed by atoms with E-state index in [4.69, 9.17) is 11.6 Å². The van der Waals surface area contributed by atoms with E-state index in [2.05, 4.69) is 5.32 Å². The fourth-order valence-corrected chi connectivity index (χ4v) is 3.51. The van der Waals surface area contributed by atoms with Crippen molar-refractivity contribution in [2.75, 3.05) is 24.7 Å². The Balaban J connectivity index is 1.92. The topological polar surface area (TPSA) is 66.5 Å². The smallest absolute Gasteiger partial charge is 0.321 e. The van der Waals surface area contributed by atoms with Crippen molar-refractivity contribution in [1.29, 1.82) is 0 Å². The Kier molecular flexibility index (Phi) is 4.55. The van der Waals surface area contributed by atoms with Crippen LogP contribution in [0.3, 0.4) is 0 Å². The van der Waals surface area contributed by atoms with E-state index >= 15 is 0 Å². The van der Waals surface area contributed by atoms with Crippen LogP contribution in [0.15, 0.2) is 24.3 Å². The van der Waals surface area contributed by atoms with Gasteiger partial charge in [-0.1, -0.05) is 17.7 Å². The molecular formula is C13H17ClN2O3S. The Labute approximate surface area is 123 Å². The summed E-state index contributed by atoms with van der Waals surface area (Å²) in [5.74, 6) is 0. The number of hydrogen-bond donors (Lipinski definition) is 1. The van der Waals surface area contributed by atoms with Crippen molar-refractivity contribution in [3.8, 4) is 0 Å². The molecule has 1 heterocycles. The molecule has 20 heavy (non-hydrogen) atoms. The minimum absolute atomic E-state index is 0.223. The fourth-order valence-electron chi connectivity index (χ4n) is 2.26. The molecule has 0 unspecified atom stereocenters.